The van der Waals surface area contributed by atoms with Gasteiger partial charge in [-0.05, 0) is 41.8 Å². The molecule has 0 aliphatic rings. The van der Waals surface area contributed by atoms with Crippen molar-refractivity contribution < 1.29 is 17.9 Å². The maximum absolute atomic E-state index is 12.4. The van der Waals surface area contributed by atoms with E-state index in [1.165, 1.54) is 33.2 Å². The number of anilines is 2. The molecule has 4 aromatic rings. The molecule has 0 amide bonds. The predicted octanol–water partition coefficient (Wildman–Crippen LogP) is 7.84. The number of fused-ring (bicyclic) bond motifs is 3. The van der Waals surface area contributed by atoms with Crippen molar-refractivity contribution in [2.24, 2.45) is 0 Å². The Hall–Kier alpha value is -2.73. The van der Waals surface area contributed by atoms with Gasteiger partial charge in [0.1, 0.15) is 5.75 Å². The molecular formula is C23H20F3NOS. The Morgan fingerprint density at radius 2 is 1.48 bits per heavy atom. The molecule has 150 valence electrons. The van der Waals surface area contributed by atoms with Gasteiger partial charge in [0, 0.05) is 28.2 Å². The van der Waals surface area contributed by atoms with Crippen LogP contribution in [0.3, 0.4) is 0 Å². The smallest absolute Gasteiger partial charge is 0.406 e. The molecule has 0 bridgehead atoms. The monoisotopic (exact) mass is 415 g/mol. The second-order valence-electron chi connectivity index (χ2n) is 7.24. The lowest BCUT2D eigenvalue weighted by molar-refractivity contribution is -0.274. The summed E-state index contributed by atoms with van der Waals surface area (Å²) in [5.41, 5.74) is 3.13. The first-order valence-corrected chi connectivity index (χ1v) is 10.1. The molecule has 0 unspecified atom stereocenters. The highest BCUT2D eigenvalue weighted by Gasteiger charge is 2.31. The van der Waals surface area contributed by atoms with Gasteiger partial charge in [-0.3, -0.25) is 0 Å². The van der Waals surface area contributed by atoms with Crippen LogP contribution in [0.4, 0.5) is 24.5 Å². The van der Waals surface area contributed by atoms with Crippen LogP contribution in [0.5, 0.6) is 5.75 Å². The van der Waals surface area contributed by atoms with Crippen LogP contribution in [0.15, 0.2) is 60.7 Å². The minimum Gasteiger partial charge on any atom is -0.406 e. The van der Waals surface area contributed by atoms with Gasteiger partial charge in [-0.25, -0.2) is 0 Å². The van der Waals surface area contributed by atoms with Crippen molar-refractivity contribution in [3.8, 4) is 5.75 Å². The molecule has 2 nitrogen and oxygen atoms in total. The molecule has 0 saturated heterocycles. The summed E-state index contributed by atoms with van der Waals surface area (Å²) in [4.78, 5) is 1.99. The number of halogens is 3. The zero-order valence-corrected chi connectivity index (χ0v) is 17.1. The first-order valence-electron chi connectivity index (χ1n) is 9.28. The van der Waals surface area contributed by atoms with Crippen LogP contribution in [0, 0.1) is 0 Å². The number of rotatable bonds is 4. The van der Waals surface area contributed by atoms with Gasteiger partial charge in [-0.2, -0.15) is 0 Å². The summed E-state index contributed by atoms with van der Waals surface area (Å²) < 4.78 is 43.6. The number of hydrogen-bond acceptors (Lipinski definition) is 3. The molecule has 0 atom stereocenters. The van der Waals surface area contributed by atoms with Crippen molar-refractivity contribution >= 4 is 42.9 Å². The highest BCUT2D eigenvalue weighted by atomic mass is 32.1. The average Bonchev–Trinajstić information content (AvgIpc) is 3.05. The van der Waals surface area contributed by atoms with E-state index in [9.17, 15) is 13.2 Å². The second kappa shape index (κ2) is 7.26. The normalized spacial score (nSPS) is 12.1. The van der Waals surface area contributed by atoms with E-state index in [2.05, 4.69) is 42.8 Å². The molecule has 4 rings (SSSR count). The van der Waals surface area contributed by atoms with Crippen molar-refractivity contribution in [1.29, 1.82) is 0 Å². The molecule has 1 heterocycles. The van der Waals surface area contributed by atoms with Crippen LogP contribution in [-0.2, 0) is 0 Å². The van der Waals surface area contributed by atoms with Crippen molar-refractivity contribution in [3.63, 3.8) is 0 Å². The quantitative estimate of drug-likeness (QED) is 0.336. The lowest BCUT2D eigenvalue weighted by Gasteiger charge is -2.20. The lowest BCUT2D eigenvalue weighted by Crippen LogP contribution is -2.17. The van der Waals surface area contributed by atoms with Crippen molar-refractivity contribution in [2.45, 2.75) is 26.1 Å². The van der Waals surface area contributed by atoms with Crippen LogP contribution in [0.2, 0.25) is 0 Å². The summed E-state index contributed by atoms with van der Waals surface area (Å²) in [6.07, 6.45) is -4.69. The van der Waals surface area contributed by atoms with Gasteiger partial charge in [0.2, 0.25) is 0 Å². The SMILES string of the molecule is CC(C)c1cccc2c1sc1c(N(C)c3ccc(OC(F)(F)F)cc3)cccc12. The fraction of sp³-hybridized carbons (Fsp3) is 0.217. The Morgan fingerprint density at radius 3 is 2.10 bits per heavy atom. The fourth-order valence-electron chi connectivity index (χ4n) is 3.56. The number of thiophene rings is 1. The topological polar surface area (TPSA) is 12.5 Å². The summed E-state index contributed by atoms with van der Waals surface area (Å²) in [5, 5.41) is 2.43. The van der Waals surface area contributed by atoms with Gasteiger partial charge < -0.3 is 9.64 Å². The number of alkyl halides is 3. The van der Waals surface area contributed by atoms with E-state index in [0.717, 1.165) is 16.1 Å². The molecule has 0 radical (unpaired) electrons. The molecule has 1 aromatic heterocycles. The number of benzene rings is 3. The Bertz CT molecular complexity index is 1160. The molecule has 3 aromatic carbocycles. The molecule has 0 saturated carbocycles. The average molecular weight is 415 g/mol. The summed E-state index contributed by atoms with van der Waals surface area (Å²) in [5.74, 6) is 0.199. The summed E-state index contributed by atoms with van der Waals surface area (Å²) >= 11 is 1.76. The summed E-state index contributed by atoms with van der Waals surface area (Å²) in [7, 11) is 1.92. The van der Waals surface area contributed by atoms with Crippen molar-refractivity contribution in [3.05, 3.63) is 66.2 Å². The van der Waals surface area contributed by atoms with E-state index >= 15 is 0 Å². The van der Waals surface area contributed by atoms with E-state index in [-0.39, 0.29) is 5.75 Å². The summed E-state index contributed by atoms with van der Waals surface area (Å²) in [6, 6.07) is 18.5. The lowest BCUT2D eigenvalue weighted by atomic mass is 10.0. The van der Waals surface area contributed by atoms with E-state index in [1.807, 2.05) is 24.1 Å². The zero-order chi connectivity index (χ0) is 20.8. The van der Waals surface area contributed by atoms with Crippen LogP contribution in [0.25, 0.3) is 20.2 Å². The highest BCUT2D eigenvalue weighted by molar-refractivity contribution is 7.26. The first kappa shape index (κ1) is 19.6. The van der Waals surface area contributed by atoms with Crippen molar-refractivity contribution in [2.75, 3.05) is 11.9 Å². The third-order valence-electron chi connectivity index (χ3n) is 4.97. The molecule has 29 heavy (non-hydrogen) atoms. The molecule has 0 spiro atoms. The maximum Gasteiger partial charge on any atom is 0.573 e. The van der Waals surface area contributed by atoms with Gasteiger partial charge in [0.25, 0.3) is 0 Å². The van der Waals surface area contributed by atoms with E-state index in [0.29, 0.717) is 5.92 Å². The minimum absolute atomic E-state index is 0.226. The molecule has 6 heteroatoms. The van der Waals surface area contributed by atoms with Crippen molar-refractivity contribution in [1.82, 2.24) is 0 Å². The second-order valence-corrected chi connectivity index (χ2v) is 8.26. The Balaban J connectivity index is 1.77. The zero-order valence-electron chi connectivity index (χ0n) is 16.2. The van der Waals surface area contributed by atoms with Crippen LogP contribution in [0.1, 0.15) is 25.3 Å². The standard InChI is InChI=1S/C23H20F3NOS/c1-14(2)17-6-4-7-18-19-8-5-9-20(22(19)29-21(17)18)27(3)15-10-12-16(13-11-15)28-23(24,25)26/h4-14H,1-3H3. The fourth-order valence-corrected chi connectivity index (χ4v) is 5.07. The van der Waals surface area contributed by atoms with Crippen LogP contribution in [-0.4, -0.2) is 13.4 Å². The van der Waals surface area contributed by atoms with E-state index in [4.69, 9.17) is 0 Å². The molecule has 0 N–H and O–H groups in total. The Kier molecular flexibility index (Phi) is 4.90. The number of ether oxygens (including phenoxy) is 1. The Labute approximate surface area is 171 Å². The third kappa shape index (κ3) is 3.77. The number of nitrogens with zero attached hydrogens (tertiary/aromatic N) is 1. The molecule has 0 aliphatic heterocycles. The highest BCUT2D eigenvalue weighted by Crippen LogP contribution is 2.43. The van der Waals surface area contributed by atoms with Gasteiger partial charge >= 0.3 is 6.36 Å². The predicted molar refractivity (Wildman–Crippen MR) is 115 cm³/mol. The van der Waals surface area contributed by atoms with E-state index in [1.54, 1.807) is 23.5 Å². The van der Waals surface area contributed by atoms with Gasteiger partial charge in [0.05, 0.1) is 10.4 Å². The van der Waals surface area contributed by atoms with E-state index < -0.39 is 6.36 Å². The minimum atomic E-state index is -4.69. The third-order valence-corrected chi connectivity index (χ3v) is 6.27. The van der Waals surface area contributed by atoms with Crippen LogP contribution >= 0.6 is 11.3 Å². The van der Waals surface area contributed by atoms with Gasteiger partial charge in [-0.1, -0.05) is 44.2 Å². The molecular weight excluding hydrogens is 395 g/mol. The van der Waals surface area contributed by atoms with Gasteiger partial charge in [-0.15, -0.1) is 24.5 Å². The van der Waals surface area contributed by atoms with Gasteiger partial charge in [0.15, 0.2) is 0 Å². The largest absolute Gasteiger partial charge is 0.573 e. The molecule has 0 fully saturated rings. The summed E-state index contributed by atoms with van der Waals surface area (Å²) in [6.45, 7) is 4.38. The van der Waals surface area contributed by atoms with Crippen LogP contribution < -0.4 is 9.64 Å². The first-order chi connectivity index (χ1) is 13.7. The number of hydrogen-bond donors (Lipinski definition) is 0. The maximum atomic E-state index is 12.4. The molecule has 0 aliphatic carbocycles. The Morgan fingerprint density at radius 1 is 0.862 bits per heavy atom.